The van der Waals surface area contributed by atoms with E-state index in [4.69, 9.17) is 5.73 Å². The van der Waals surface area contributed by atoms with Gasteiger partial charge in [0.1, 0.15) is 5.82 Å². The summed E-state index contributed by atoms with van der Waals surface area (Å²) in [7, 11) is 0. The molecule has 1 aliphatic rings. The smallest absolute Gasteiger partial charge is 0.240 e. The molecule has 1 aliphatic carbocycles. The van der Waals surface area contributed by atoms with E-state index in [-0.39, 0.29) is 18.3 Å². The van der Waals surface area contributed by atoms with Crippen molar-refractivity contribution in [2.45, 2.75) is 37.8 Å². The first kappa shape index (κ1) is 14.7. The van der Waals surface area contributed by atoms with E-state index in [1.54, 1.807) is 29.1 Å². The predicted octanol–water partition coefficient (Wildman–Crippen LogP) is 1.90. The maximum absolute atomic E-state index is 14.1. The number of benzene rings is 1. The number of rotatable bonds is 4. The first-order valence-corrected chi connectivity index (χ1v) is 7.42. The summed E-state index contributed by atoms with van der Waals surface area (Å²) in [6, 6.07) is 4.89. The van der Waals surface area contributed by atoms with Crippen molar-refractivity contribution in [3.8, 4) is 5.69 Å². The van der Waals surface area contributed by atoms with Gasteiger partial charge in [-0.2, -0.15) is 0 Å². The van der Waals surface area contributed by atoms with Gasteiger partial charge in [-0.05, 0) is 30.5 Å². The first-order valence-electron chi connectivity index (χ1n) is 7.42. The Morgan fingerprint density at radius 1 is 1.41 bits per heavy atom. The van der Waals surface area contributed by atoms with E-state index in [2.05, 4.69) is 10.3 Å². The van der Waals surface area contributed by atoms with Crippen molar-refractivity contribution in [3.05, 3.63) is 48.3 Å². The molecule has 0 unspecified atom stereocenters. The minimum absolute atomic E-state index is 0.149. The maximum Gasteiger partial charge on any atom is 0.240 e. The second-order valence-corrected chi connectivity index (χ2v) is 5.80. The van der Waals surface area contributed by atoms with Crippen LogP contribution in [-0.2, 0) is 11.3 Å². The van der Waals surface area contributed by atoms with Gasteiger partial charge in [0, 0.05) is 18.9 Å². The Balaban J connectivity index is 1.66. The number of hydrogen-bond donors (Lipinski definition) is 2. The van der Waals surface area contributed by atoms with Crippen LogP contribution in [0.3, 0.4) is 0 Å². The second kappa shape index (κ2) is 5.88. The Labute approximate surface area is 128 Å². The van der Waals surface area contributed by atoms with Gasteiger partial charge in [-0.25, -0.2) is 9.37 Å². The summed E-state index contributed by atoms with van der Waals surface area (Å²) in [5, 5.41) is 2.81. The van der Waals surface area contributed by atoms with E-state index in [0.717, 1.165) is 12.8 Å². The van der Waals surface area contributed by atoms with Crippen molar-refractivity contribution in [3.63, 3.8) is 0 Å². The lowest BCUT2D eigenvalue weighted by Crippen LogP contribution is -2.51. The molecule has 1 fully saturated rings. The Morgan fingerprint density at radius 2 is 2.18 bits per heavy atom. The Morgan fingerprint density at radius 3 is 2.82 bits per heavy atom. The molecular formula is C16H19FN4O. The van der Waals surface area contributed by atoms with Crippen LogP contribution in [0.2, 0.25) is 0 Å². The SMILES string of the molecule is NC1(C(=O)NCc2ccc(-n3ccnc3)c(F)c2)CCCC1. The van der Waals surface area contributed by atoms with Crippen molar-refractivity contribution in [2.75, 3.05) is 0 Å². The van der Waals surface area contributed by atoms with Gasteiger partial charge in [0.15, 0.2) is 0 Å². The molecule has 1 heterocycles. The molecule has 1 aromatic carbocycles. The largest absolute Gasteiger partial charge is 0.350 e. The van der Waals surface area contributed by atoms with E-state index in [1.807, 2.05) is 0 Å². The molecule has 3 rings (SSSR count). The van der Waals surface area contributed by atoms with Crippen molar-refractivity contribution >= 4 is 5.91 Å². The second-order valence-electron chi connectivity index (χ2n) is 5.80. The fourth-order valence-electron chi connectivity index (χ4n) is 2.86. The minimum atomic E-state index is -0.755. The standard InChI is InChI=1S/C16H19FN4O/c17-13-9-12(3-4-14(13)21-8-7-19-11-21)10-20-15(22)16(18)5-1-2-6-16/h3-4,7-9,11H,1-2,5-6,10,18H2,(H,20,22). The van der Waals surface area contributed by atoms with E-state index in [9.17, 15) is 9.18 Å². The lowest BCUT2D eigenvalue weighted by molar-refractivity contribution is -0.126. The van der Waals surface area contributed by atoms with Gasteiger partial charge in [-0.1, -0.05) is 18.9 Å². The minimum Gasteiger partial charge on any atom is -0.350 e. The van der Waals surface area contributed by atoms with Crippen LogP contribution in [0, 0.1) is 5.82 Å². The summed E-state index contributed by atoms with van der Waals surface area (Å²) in [6.07, 6.45) is 8.21. The molecule has 0 aliphatic heterocycles. The average Bonchev–Trinajstić information content (AvgIpc) is 3.17. The summed E-state index contributed by atoms with van der Waals surface area (Å²) >= 11 is 0. The van der Waals surface area contributed by atoms with Gasteiger partial charge in [0.25, 0.3) is 0 Å². The van der Waals surface area contributed by atoms with Crippen LogP contribution in [-0.4, -0.2) is 21.0 Å². The van der Waals surface area contributed by atoms with Crippen LogP contribution < -0.4 is 11.1 Å². The highest BCUT2D eigenvalue weighted by Crippen LogP contribution is 2.27. The van der Waals surface area contributed by atoms with Crippen molar-refractivity contribution in [1.29, 1.82) is 0 Å². The number of hydrogen-bond acceptors (Lipinski definition) is 3. The quantitative estimate of drug-likeness (QED) is 0.906. The summed E-state index contributed by atoms with van der Waals surface area (Å²) in [5.41, 5.74) is 6.47. The van der Waals surface area contributed by atoms with Gasteiger partial charge in [-0.15, -0.1) is 0 Å². The number of nitrogens with zero attached hydrogens (tertiary/aromatic N) is 2. The average molecular weight is 302 g/mol. The molecule has 0 bridgehead atoms. The number of nitrogens with one attached hydrogen (secondary N) is 1. The van der Waals surface area contributed by atoms with E-state index in [1.165, 1.54) is 12.4 Å². The zero-order chi connectivity index (χ0) is 15.6. The predicted molar refractivity (Wildman–Crippen MR) is 80.8 cm³/mol. The summed E-state index contributed by atoms with van der Waals surface area (Å²) in [6.45, 7) is 0.277. The van der Waals surface area contributed by atoms with E-state index in [0.29, 0.717) is 24.1 Å². The Bertz CT molecular complexity index is 663. The third-order valence-electron chi connectivity index (χ3n) is 4.20. The monoisotopic (exact) mass is 302 g/mol. The van der Waals surface area contributed by atoms with Crippen molar-refractivity contribution in [1.82, 2.24) is 14.9 Å². The fourth-order valence-corrected chi connectivity index (χ4v) is 2.86. The zero-order valence-electron chi connectivity index (χ0n) is 12.3. The Hall–Kier alpha value is -2.21. The third kappa shape index (κ3) is 2.87. The summed E-state index contributed by atoms with van der Waals surface area (Å²) in [5.74, 6) is -0.503. The number of imidazole rings is 1. The molecule has 1 saturated carbocycles. The van der Waals surface area contributed by atoms with Gasteiger partial charge in [0.05, 0.1) is 17.6 Å². The molecule has 0 radical (unpaired) electrons. The molecule has 1 aromatic heterocycles. The maximum atomic E-state index is 14.1. The number of amides is 1. The third-order valence-corrected chi connectivity index (χ3v) is 4.20. The molecule has 6 heteroatoms. The number of halogens is 1. The number of nitrogens with two attached hydrogens (primary N) is 1. The lowest BCUT2D eigenvalue weighted by Gasteiger charge is -2.22. The molecule has 1 amide bonds. The number of aromatic nitrogens is 2. The summed E-state index contributed by atoms with van der Waals surface area (Å²) < 4.78 is 15.7. The first-order chi connectivity index (χ1) is 10.6. The molecule has 3 N–H and O–H groups in total. The van der Waals surface area contributed by atoms with Crippen LogP contribution in [0.1, 0.15) is 31.2 Å². The topological polar surface area (TPSA) is 72.9 Å². The highest BCUT2D eigenvalue weighted by molar-refractivity contribution is 5.86. The van der Waals surface area contributed by atoms with E-state index >= 15 is 0 Å². The molecule has 0 spiro atoms. The molecule has 0 atom stereocenters. The molecule has 22 heavy (non-hydrogen) atoms. The number of carbonyl (C=O) groups excluding carboxylic acids is 1. The summed E-state index contributed by atoms with van der Waals surface area (Å²) in [4.78, 5) is 16.0. The van der Waals surface area contributed by atoms with Crippen LogP contribution in [0.15, 0.2) is 36.9 Å². The molecule has 116 valence electrons. The van der Waals surface area contributed by atoms with Crippen LogP contribution >= 0.6 is 0 Å². The molecule has 5 nitrogen and oxygen atoms in total. The van der Waals surface area contributed by atoms with Gasteiger partial charge < -0.3 is 15.6 Å². The van der Waals surface area contributed by atoms with Crippen molar-refractivity contribution in [2.24, 2.45) is 5.73 Å². The van der Waals surface area contributed by atoms with Crippen LogP contribution in [0.4, 0.5) is 4.39 Å². The zero-order valence-corrected chi connectivity index (χ0v) is 12.3. The number of carbonyl (C=O) groups is 1. The highest BCUT2D eigenvalue weighted by atomic mass is 19.1. The van der Waals surface area contributed by atoms with Crippen LogP contribution in [0.25, 0.3) is 5.69 Å². The van der Waals surface area contributed by atoms with Gasteiger partial charge >= 0.3 is 0 Å². The Kier molecular flexibility index (Phi) is 3.94. The van der Waals surface area contributed by atoms with Gasteiger partial charge in [-0.3, -0.25) is 4.79 Å². The molecule has 0 saturated heterocycles. The van der Waals surface area contributed by atoms with Gasteiger partial charge in [0.2, 0.25) is 5.91 Å². The van der Waals surface area contributed by atoms with Crippen molar-refractivity contribution < 1.29 is 9.18 Å². The van der Waals surface area contributed by atoms with Crippen LogP contribution in [0.5, 0.6) is 0 Å². The van der Waals surface area contributed by atoms with E-state index < -0.39 is 5.54 Å². The molecular weight excluding hydrogens is 283 g/mol. The molecule has 2 aromatic rings. The fraction of sp³-hybridized carbons (Fsp3) is 0.375. The highest BCUT2D eigenvalue weighted by Gasteiger charge is 2.36. The lowest BCUT2D eigenvalue weighted by atomic mass is 9.98. The normalized spacial score (nSPS) is 16.6.